The number of alkyl carbamates (subject to hydrolysis) is 1. The van der Waals surface area contributed by atoms with E-state index in [1.807, 2.05) is 13.8 Å². The summed E-state index contributed by atoms with van der Waals surface area (Å²) in [6.45, 7) is 4.31. The number of amides is 7. The molecule has 4 rings (SSSR count). The number of halogens is 2. The maximum atomic E-state index is 15.0. The van der Waals surface area contributed by atoms with Gasteiger partial charge in [-0.25, -0.2) is 18.4 Å². The van der Waals surface area contributed by atoms with Crippen LogP contribution in [0.5, 0.6) is 0 Å². The van der Waals surface area contributed by atoms with E-state index < -0.39 is 119 Å². The Kier molecular flexibility index (Phi) is 17.4. The smallest absolute Gasteiger partial charge is 0.407 e. The predicted octanol–water partition coefficient (Wildman–Crippen LogP) is 2.01. The van der Waals surface area contributed by atoms with Gasteiger partial charge in [0.25, 0.3) is 11.8 Å². The topological polar surface area (TPSA) is 272 Å². The molecule has 0 aromatic heterocycles. The van der Waals surface area contributed by atoms with Crippen molar-refractivity contribution >= 4 is 53.3 Å². The maximum Gasteiger partial charge on any atom is 0.407 e. The second kappa shape index (κ2) is 22.4. The highest BCUT2D eigenvalue weighted by atomic mass is 19.1. The molecule has 1 aliphatic heterocycles. The molecule has 1 saturated carbocycles. The summed E-state index contributed by atoms with van der Waals surface area (Å²) in [6, 6.07) is 2.70. The first-order valence-corrected chi connectivity index (χ1v) is 20.4. The SMILES string of the molecule is CCCC(NC(=O)C1CC(NC(=O)OCC(C)C)CN1C(=O)C(NC(=O)c1c(F)ccc(F)c1C(=O)O)C1CCCCC1)C(=O)C(=O)NCC(=O)NC(C(N)=O)c1ccccc1. The van der Waals surface area contributed by atoms with E-state index >= 15 is 4.39 Å². The van der Waals surface area contributed by atoms with Gasteiger partial charge in [-0.05, 0) is 55.2 Å². The quantitative estimate of drug-likeness (QED) is 0.100. The first-order valence-electron chi connectivity index (χ1n) is 20.4. The van der Waals surface area contributed by atoms with Crippen LogP contribution in [0.25, 0.3) is 0 Å². The van der Waals surface area contributed by atoms with Gasteiger partial charge in [0, 0.05) is 6.54 Å². The van der Waals surface area contributed by atoms with E-state index in [1.165, 1.54) is 0 Å². The van der Waals surface area contributed by atoms with Crippen LogP contribution in [-0.4, -0.2) is 107 Å². The summed E-state index contributed by atoms with van der Waals surface area (Å²) in [5.41, 5.74) is 3.46. The molecule has 2 aliphatic rings. The van der Waals surface area contributed by atoms with Gasteiger partial charge in [0.2, 0.25) is 29.4 Å². The molecule has 20 heteroatoms. The van der Waals surface area contributed by atoms with Crippen LogP contribution in [0, 0.1) is 23.5 Å². The zero-order valence-corrected chi connectivity index (χ0v) is 34.7. The summed E-state index contributed by atoms with van der Waals surface area (Å²) < 4.78 is 34.9. The third kappa shape index (κ3) is 12.8. The molecule has 0 spiro atoms. The lowest BCUT2D eigenvalue weighted by Gasteiger charge is -2.35. The van der Waals surface area contributed by atoms with E-state index in [4.69, 9.17) is 10.5 Å². The monoisotopic (exact) mass is 869 g/mol. The number of likely N-dealkylation sites (tertiary alicyclic amines) is 1. The molecule has 1 saturated heterocycles. The van der Waals surface area contributed by atoms with Gasteiger partial charge in [0.1, 0.15) is 35.3 Å². The Labute approximate surface area is 356 Å². The molecule has 7 amide bonds. The summed E-state index contributed by atoms with van der Waals surface area (Å²) in [4.78, 5) is 119. The van der Waals surface area contributed by atoms with E-state index in [0.29, 0.717) is 43.4 Å². The average molecular weight is 870 g/mol. The number of carbonyl (C=O) groups excluding carboxylic acids is 8. The molecular weight excluding hydrogens is 816 g/mol. The number of hydrogen-bond donors (Lipinski definition) is 7. The van der Waals surface area contributed by atoms with Crippen molar-refractivity contribution in [3.63, 3.8) is 0 Å². The second-order valence-electron chi connectivity index (χ2n) is 15.7. The van der Waals surface area contributed by atoms with E-state index in [0.717, 1.165) is 11.3 Å². The van der Waals surface area contributed by atoms with E-state index in [1.54, 1.807) is 37.3 Å². The fraction of sp³-hybridized carbons (Fsp3) is 0.500. The van der Waals surface area contributed by atoms with Gasteiger partial charge in [-0.15, -0.1) is 0 Å². The first kappa shape index (κ1) is 48.2. The number of hydrogen-bond acceptors (Lipinski definition) is 10. The van der Waals surface area contributed by atoms with E-state index in [9.17, 15) is 52.6 Å². The normalized spacial score (nSPS) is 17.8. The molecular formula is C42H53F2N7O11. The van der Waals surface area contributed by atoms with Crippen LogP contribution in [0.15, 0.2) is 42.5 Å². The van der Waals surface area contributed by atoms with Crippen molar-refractivity contribution in [3.8, 4) is 0 Å². The molecule has 1 heterocycles. The second-order valence-corrected chi connectivity index (χ2v) is 15.7. The van der Waals surface area contributed by atoms with Crippen LogP contribution >= 0.6 is 0 Å². The van der Waals surface area contributed by atoms with Gasteiger partial charge < -0.3 is 47.1 Å². The molecule has 336 valence electrons. The van der Waals surface area contributed by atoms with E-state index in [2.05, 4.69) is 26.6 Å². The highest BCUT2D eigenvalue weighted by molar-refractivity contribution is 6.38. The Balaban J connectivity index is 1.57. The largest absolute Gasteiger partial charge is 0.478 e. The van der Waals surface area contributed by atoms with Gasteiger partial charge in [-0.1, -0.05) is 76.8 Å². The molecule has 5 unspecified atom stereocenters. The number of ether oxygens (including phenoxy) is 1. The minimum absolute atomic E-state index is 0.0219. The predicted molar refractivity (Wildman–Crippen MR) is 216 cm³/mol. The molecule has 5 atom stereocenters. The highest BCUT2D eigenvalue weighted by Gasteiger charge is 2.46. The van der Waals surface area contributed by atoms with Crippen LogP contribution in [0.3, 0.4) is 0 Å². The molecule has 2 aromatic rings. The third-order valence-electron chi connectivity index (χ3n) is 10.5. The number of primary amides is 1. The van der Waals surface area contributed by atoms with Crippen LogP contribution in [0.2, 0.25) is 0 Å². The van der Waals surface area contributed by atoms with Gasteiger partial charge in [0.05, 0.1) is 30.8 Å². The molecule has 8 N–H and O–H groups in total. The number of aromatic carboxylic acids is 1. The minimum Gasteiger partial charge on any atom is -0.478 e. The Morgan fingerprint density at radius 1 is 0.887 bits per heavy atom. The third-order valence-corrected chi connectivity index (χ3v) is 10.5. The number of Topliss-reactive ketones (excluding diaryl/α,β-unsaturated/α-hetero) is 1. The Morgan fingerprint density at radius 3 is 2.13 bits per heavy atom. The lowest BCUT2D eigenvalue weighted by atomic mass is 9.83. The minimum atomic E-state index is -1.92. The number of rotatable bonds is 19. The summed E-state index contributed by atoms with van der Waals surface area (Å²) in [5.74, 6) is -12.5. The number of carboxylic acids is 1. The number of carbonyl (C=O) groups is 9. The fourth-order valence-corrected chi connectivity index (χ4v) is 7.51. The fourth-order valence-electron chi connectivity index (χ4n) is 7.51. The number of carboxylic acid groups (broad SMARTS) is 1. The number of nitrogens with one attached hydrogen (secondary N) is 5. The van der Waals surface area contributed by atoms with Gasteiger partial charge in [0.15, 0.2) is 0 Å². The summed E-state index contributed by atoms with van der Waals surface area (Å²) in [5, 5.41) is 21.8. The van der Waals surface area contributed by atoms with Crippen LogP contribution in [0.4, 0.5) is 13.6 Å². The molecule has 2 aromatic carbocycles. The molecule has 1 aliphatic carbocycles. The van der Waals surface area contributed by atoms with Crippen molar-refractivity contribution in [1.29, 1.82) is 0 Å². The number of nitrogens with zero attached hydrogens (tertiary/aromatic N) is 1. The van der Waals surface area contributed by atoms with Crippen molar-refractivity contribution < 1.29 is 61.8 Å². The molecule has 18 nitrogen and oxygen atoms in total. The number of nitrogens with two attached hydrogens (primary N) is 1. The van der Waals surface area contributed by atoms with E-state index in [-0.39, 0.29) is 38.3 Å². The van der Waals surface area contributed by atoms with Gasteiger partial charge in [-0.3, -0.25) is 33.6 Å². The lowest BCUT2D eigenvalue weighted by Crippen LogP contribution is -2.58. The lowest BCUT2D eigenvalue weighted by molar-refractivity contribution is -0.143. The first-order chi connectivity index (χ1) is 29.4. The Morgan fingerprint density at radius 2 is 1.53 bits per heavy atom. The van der Waals surface area contributed by atoms with Crippen LogP contribution in [-0.2, 0) is 33.5 Å². The molecule has 2 fully saturated rings. The van der Waals surface area contributed by atoms with Gasteiger partial charge in [-0.2, -0.15) is 0 Å². The zero-order valence-electron chi connectivity index (χ0n) is 34.7. The highest BCUT2D eigenvalue weighted by Crippen LogP contribution is 2.30. The molecule has 0 bridgehead atoms. The van der Waals surface area contributed by atoms with Crippen LogP contribution < -0.4 is 32.3 Å². The Hall–Kier alpha value is -6.47. The molecule has 62 heavy (non-hydrogen) atoms. The Bertz CT molecular complexity index is 2010. The van der Waals surface area contributed by atoms with Crippen molar-refractivity contribution in [2.75, 3.05) is 19.7 Å². The van der Waals surface area contributed by atoms with Crippen molar-refractivity contribution in [2.45, 2.75) is 102 Å². The van der Waals surface area contributed by atoms with Crippen molar-refractivity contribution in [3.05, 3.63) is 70.8 Å². The summed E-state index contributed by atoms with van der Waals surface area (Å²) in [6.07, 6.45) is 2.04. The van der Waals surface area contributed by atoms with Crippen LogP contribution in [0.1, 0.15) is 104 Å². The zero-order chi connectivity index (χ0) is 45.7. The van der Waals surface area contributed by atoms with Gasteiger partial charge >= 0.3 is 12.1 Å². The standard InChI is InChI=1S/C42H53F2N7O11/c1-4-11-28(35(53)39(57)46-19-30(52)49-33(36(45)54)23-12-7-5-8-13-23)48-37(55)29-18-25(47-42(61)62-21-22(2)3)20-51(29)40(58)34(24-14-9-6-10-15-24)50-38(56)31-26(43)16-17-27(44)32(31)41(59)60/h5,7-8,12-13,16-17,22,24-25,28-29,33-34H,4,6,9-11,14-15,18-21H2,1-3H3,(H2,45,54)(H,46,57)(H,47,61)(H,48,55)(H,49,52)(H,50,56)(H,59,60). The number of ketones is 1. The summed E-state index contributed by atoms with van der Waals surface area (Å²) >= 11 is 0. The van der Waals surface area contributed by atoms with Crippen molar-refractivity contribution in [1.82, 2.24) is 31.5 Å². The summed E-state index contributed by atoms with van der Waals surface area (Å²) in [7, 11) is 0. The molecule has 0 radical (unpaired) electrons. The number of benzene rings is 2. The van der Waals surface area contributed by atoms with Crippen molar-refractivity contribution in [2.24, 2.45) is 17.6 Å². The maximum absolute atomic E-state index is 15.0. The average Bonchev–Trinajstić information content (AvgIpc) is 3.67.